The van der Waals surface area contributed by atoms with E-state index in [0.29, 0.717) is 29.4 Å². The molecule has 1 aromatic carbocycles. The molecule has 0 radical (unpaired) electrons. The van der Waals surface area contributed by atoms with Gasteiger partial charge in [0, 0.05) is 18.7 Å². The third-order valence-electron chi connectivity index (χ3n) is 5.32. The summed E-state index contributed by atoms with van der Waals surface area (Å²) in [5, 5.41) is 10.5. The number of benzene rings is 1. The number of carbonyl (C=O) groups excluding carboxylic acids is 1. The molecule has 2 heterocycles. The Morgan fingerprint density at radius 3 is 2.57 bits per heavy atom. The number of hydrogen-bond donors (Lipinski definition) is 0. The maximum Gasteiger partial charge on any atom is 0.173 e. The minimum atomic E-state index is 0.0573. The van der Waals surface area contributed by atoms with Gasteiger partial charge in [0.25, 0.3) is 0 Å². The van der Waals surface area contributed by atoms with Crippen LogP contribution in [0.25, 0.3) is 0 Å². The zero-order chi connectivity index (χ0) is 19.3. The molecular formula is C22H23N3O2S. The molecule has 0 saturated carbocycles. The first kappa shape index (κ1) is 19.0. The lowest BCUT2D eigenvalue weighted by molar-refractivity contribution is 0.102. The van der Waals surface area contributed by atoms with Crippen molar-refractivity contribution in [2.24, 2.45) is 0 Å². The number of anilines is 1. The number of pyridine rings is 1. The fraction of sp³-hybridized carbons (Fsp3) is 0.409. The number of rotatable bonds is 5. The number of nitrogens with zero attached hydrogens (tertiary/aromatic N) is 3. The summed E-state index contributed by atoms with van der Waals surface area (Å²) in [6.07, 6.45) is 4.12. The van der Waals surface area contributed by atoms with E-state index < -0.39 is 0 Å². The minimum Gasteiger partial charge on any atom is -0.378 e. The first-order valence-electron chi connectivity index (χ1n) is 9.77. The molecule has 1 aromatic heterocycles. The van der Waals surface area contributed by atoms with E-state index in [1.54, 1.807) is 0 Å². The van der Waals surface area contributed by atoms with Crippen molar-refractivity contribution in [3.8, 4) is 6.07 Å². The third-order valence-corrected chi connectivity index (χ3v) is 6.29. The molecule has 28 heavy (non-hydrogen) atoms. The Balaban J connectivity index is 1.65. The second kappa shape index (κ2) is 8.76. The highest BCUT2D eigenvalue weighted by molar-refractivity contribution is 8.00. The van der Waals surface area contributed by atoms with E-state index in [-0.39, 0.29) is 11.5 Å². The summed E-state index contributed by atoms with van der Waals surface area (Å²) in [4.78, 5) is 19.7. The number of morpholine rings is 1. The van der Waals surface area contributed by atoms with Crippen LogP contribution in [-0.2, 0) is 17.6 Å². The first-order chi connectivity index (χ1) is 13.8. The molecule has 1 fully saturated rings. The van der Waals surface area contributed by atoms with Crippen LogP contribution in [0.1, 0.15) is 39.9 Å². The van der Waals surface area contributed by atoms with Crippen LogP contribution in [-0.4, -0.2) is 42.8 Å². The molecule has 5 nitrogen and oxygen atoms in total. The quantitative estimate of drug-likeness (QED) is 0.571. The molecule has 0 bridgehead atoms. The Morgan fingerprint density at radius 1 is 1.14 bits per heavy atom. The van der Waals surface area contributed by atoms with Gasteiger partial charge in [-0.15, -0.1) is 0 Å². The van der Waals surface area contributed by atoms with Crippen LogP contribution in [0.3, 0.4) is 0 Å². The van der Waals surface area contributed by atoms with Crippen molar-refractivity contribution in [2.45, 2.75) is 30.7 Å². The van der Waals surface area contributed by atoms with E-state index >= 15 is 0 Å². The van der Waals surface area contributed by atoms with Gasteiger partial charge in [-0.2, -0.15) is 5.26 Å². The number of carbonyl (C=O) groups is 1. The van der Waals surface area contributed by atoms with Gasteiger partial charge in [-0.05, 0) is 36.8 Å². The molecule has 2 aliphatic rings. The van der Waals surface area contributed by atoms with E-state index in [0.717, 1.165) is 50.2 Å². The summed E-state index contributed by atoms with van der Waals surface area (Å²) in [5.41, 5.74) is 3.72. The lowest BCUT2D eigenvalue weighted by Crippen LogP contribution is -2.38. The molecule has 1 saturated heterocycles. The van der Waals surface area contributed by atoms with Gasteiger partial charge in [-0.3, -0.25) is 4.79 Å². The van der Waals surface area contributed by atoms with Gasteiger partial charge >= 0.3 is 0 Å². The second-order valence-corrected chi connectivity index (χ2v) is 8.03. The minimum absolute atomic E-state index is 0.0573. The van der Waals surface area contributed by atoms with Crippen LogP contribution in [0.15, 0.2) is 35.4 Å². The number of Topliss-reactive ketones (excluding diaryl/α,β-unsaturated/α-hetero) is 1. The molecular weight excluding hydrogens is 370 g/mol. The molecule has 6 heteroatoms. The maximum absolute atomic E-state index is 12.5. The third kappa shape index (κ3) is 3.91. The van der Waals surface area contributed by atoms with Gasteiger partial charge in [0.15, 0.2) is 5.78 Å². The fourth-order valence-electron chi connectivity index (χ4n) is 3.87. The van der Waals surface area contributed by atoms with Gasteiger partial charge in [0.2, 0.25) is 0 Å². The average Bonchev–Trinajstić information content (AvgIpc) is 2.77. The average molecular weight is 394 g/mol. The van der Waals surface area contributed by atoms with E-state index in [1.165, 1.54) is 17.3 Å². The maximum atomic E-state index is 12.5. The van der Waals surface area contributed by atoms with Gasteiger partial charge in [0.05, 0.1) is 24.5 Å². The summed E-state index contributed by atoms with van der Waals surface area (Å²) in [7, 11) is 0. The predicted molar refractivity (Wildman–Crippen MR) is 110 cm³/mol. The summed E-state index contributed by atoms with van der Waals surface area (Å²) in [5.74, 6) is 1.33. The molecule has 0 spiro atoms. The van der Waals surface area contributed by atoms with Crippen molar-refractivity contribution in [3.63, 3.8) is 0 Å². The Hall–Kier alpha value is -2.36. The summed E-state index contributed by atoms with van der Waals surface area (Å²) in [6, 6.07) is 11.7. The molecule has 0 amide bonds. The van der Waals surface area contributed by atoms with Crippen molar-refractivity contribution < 1.29 is 9.53 Å². The monoisotopic (exact) mass is 393 g/mol. The van der Waals surface area contributed by atoms with E-state index in [1.807, 2.05) is 30.3 Å². The van der Waals surface area contributed by atoms with Gasteiger partial charge in [0.1, 0.15) is 16.9 Å². The lowest BCUT2D eigenvalue weighted by atomic mass is 9.89. The molecule has 0 N–H and O–H groups in total. The fourth-order valence-corrected chi connectivity index (χ4v) is 4.77. The SMILES string of the molecule is N#Cc1c(SCC(=O)c2ccccc2)nc(N2CCOCC2)c2c1CCCC2. The molecule has 1 aliphatic heterocycles. The zero-order valence-electron chi connectivity index (χ0n) is 15.8. The number of nitriles is 1. The smallest absolute Gasteiger partial charge is 0.173 e. The topological polar surface area (TPSA) is 66.2 Å². The number of hydrogen-bond acceptors (Lipinski definition) is 6. The molecule has 0 unspecified atom stereocenters. The molecule has 2 aromatic rings. The number of fused-ring (bicyclic) bond motifs is 1. The van der Waals surface area contributed by atoms with Crippen molar-refractivity contribution in [1.29, 1.82) is 5.26 Å². The predicted octanol–water partition coefficient (Wildman–Crippen LogP) is 3.64. The molecule has 4 rings (SSSR count). The second-order valence-electron chi connectivity index (χ2n) is 7.07. The largest absolute Gasteiger partial charge is 0.378 e. The van der Waals surface area contributed by atoms with Crippen molar-refractivity contribution >= 4 is 23.4 Å². The van der Waals surface area contributed by atoms with Crippen LogP contribution in [0.5, 0.6) is 0 Å². The van der Waals surface area contributed by atoms with E-state index in [2.05, 4.69) is 11.0 Å². The van der Waals surface area contributed by atoms with Crippen molar-refractivity contribution in [2.75, 3.05) is 37.0 Å². The van der Waals surface area contributed by atoms with Crippen LogP contribution in [0.2, 0.25) is 0 Å². The van der Waals surface area contributed by atoms with Crippen LogP contribution >= 0.6 is 11.8 Å². The Labute approximate surface area is 169 Å². The summed E-state index contributed by atoms with van der Waals surface area (Å²) < 4.78 is 5.50. The Bertz CT molecular complexity index is 902. The highest BCUT2D eigenvalue weighted by Crippen LogP contribution is 2.36. The van der Waals surface area contributed by atoms with E-state index in [4.69, 9.17) is 9.72 Å². The Morgan fingerprint density at radius 2 is 1.86 bits per heavy atom. The summed E-state index contributed by atoms with van der Waals surface area (Å²) in [6.45, 7) is 3.04. The number of aromatic nitrogens is 1. The number of ketones is 1. The van der Waals surface area contributed by atoms with Gasteiger partial charge in [-0.1, -0.05) is 42.1 Å². The van der Waals surface area contributed by atoms with Crippen LogP contribution in [0, 0.1) is 11.3 Å². The highest BCUT2D eigenvalue weighted by Gasteiger charge is 2.26. The number of thioether (sulfide) groups is 1. The standard InChI is InChI=1S/C22H23N3O2S/c23-14-19-17-8-4-5-9-18(17)21(25-10-12-27-13-11-25)24-22(19)28-15-20(26)16-6-2-1-3-7-16/h1-3,6-7H,4-5,8-13,15H2. The van der Waals surface area contributed by atoms with Gasteiger partial charge < -0.3 is 9.64 Å². The van der Waals surface area contributed by atoms with Gasteiger partial charge in [-0.25, -0.2) is 4.98 Å². The molecule has 144 valence electrons. The Kier molecular flexibility index (Phi) is 5.94. The normalized spacial score (nSPS) is 16.3. The summed E-state index contributed by atoms with van der Waals surface area (Å²) >= 11 is 1.38. The zero-order valence-corrected chi connectivity index (χ0v) is 16.6. The number of ether oxygens (including phenoxy) is 1. The van der Waals surface area contributed by atoms with Crippen LogP contribution < -0.4 is 4.90 Å². The first-order valence-corrected chi connectivity index (χ1v) is 10.8. The van der Waals surface area contributed by atoms with Crippen molar-refractivity contribution in [1.82, 2.24) is 4.98 Å². The van der Waals surface area contributed by atoms with Crippen LogP contribution in [0.4, 0.5) is 5.82 Å². The lowest BCUT2D eigenvalue weighted by Gasteiger charge is -2.32. The van der Waals surface area contributed by atoms with E-state index in [9.17, 15) is 10.1 Å². The van der Waals surface area contributed by atoms with Crippen molar-refractivity contribution in [3.05, 3.63) is 52.6 Å². The molecule has 0 atom stereocenters. The molecule has 1 aliphatic carbocycles. The highest BCUT2D eigenvalue weighted by atomic mass is 32.2.